The third-order valence-corrected chi connectivity index (χ3v) is 9.52. The molecule has 0 aromatic heterocycles. The first-order chi connectivity index (χ1) is 13.6. The fraction of sp³-hybridized carbons (Fsp3) is 0.885. The Balaban J connectivity index is 1.78. The molecule has 0 bridgehead atoms. The van der Waals surface area contributed by atoms with Crippen molar-refractivity contribution in [3.05, 3.63) is 11.6 Å². The number of fused-ring (bicyclic) bond motifs is 3. The molecule has 7 atom stereocenters. The second-order valence-electron chi connectivity index (χ2n) is 11.5. The van der Waals surface area contributed by atoms with E-state index in [-0.39, 0.29) is 18.4 Å². The van der Waals surface area contributed by atoms with Crippen molar-refractivity contribution in [2.24, 2.45) is 46.3 Å². The molecule has 0 aromatic carbocycles. The van der Waals surface area contributed by atoms with Crippen LogP contribution in [-0.2, 0) is 4.79 Å². The number of allylic oxidation sites excluding steroid dienone is 1. The molecule has 29 heavy (non-hydrogen) atoms. The van der Waals surface area contributed by atoms with Crippen LogP contribution in [0.1, 0.15) is 92.4 Å². The molecule has 3 heteroatoms. The Hall–Kier alpha value is -0.830. The zero-order valence-corrected chi connectivity index (χ0v) is 19.4. The predicted octanol–water partition coefficient (Wildman–Crippen LogP) is 6.31. The van der Waals surface area contributed by atoms with E-state index in [9.17, 15) is 15.0 Å². The lowest BCUT2D eigenvalue weighted by molar-refractivity contribution is -0.141. The molecule has 0 aliphatic heterocycles. The molecular weight excluding hydrogens is 360 g/mol. The van der Waals surface area contributed by atoms with Crippen molar-refractivity contribution in [3.8, 4) is 0 Å². The Bertz CT molecular complexity index is 623. The van der Waals surface area contributed by atoms with Gasteiger partial charge in [-0.15, -0.1) is 0 Å². The Kier molecular flexibility index (Phi) is 6.88. The fourth-order valence-electron chi connectivity index (χ4n) is 7.99. The quantitative estimate of drug-likeness (QED) is 0.466. The van der Waals surface area contributed by atoms with E-state index < -0.39 is 5.97 Å². The Labute approximate surface area is 178 Å². The highest BCUT2D eigenvalue weighted by molar-refractivity contribution is 5.68. The minimum absolute atomic E-state index is 0.00441. The first-order valence-corrected chi connectivity index (χ1v) is 12.2. The van der Waals surface area contributed by atoms with Crippen LogP contribution >= 0.6 is 0 Å². The standard InChI is InChI=1S/C26H44O3/c1-17(2)7-6-8-18(3)21-11-12-22-20-10-9-19(16-27)26(5,15-24(28)29)23(20)13-14-25(21,22)4/h9,17-18,20-23,27H,6-8,10-16H2,1-5H3,(H,28,29). The molecule has 7 unspecified atom stereocenters. The summed E-state index contributed by atoms with van der Waals surface area (Å²) in [5.41, 5.74) is 1.00. The molecule has 3 aliphatic carbocycles. The van der Waals surface area contributed by atoms with E-state index in [1.165, 1.54) is 38.5 Å². The zero-order valence-electron chi connectivity index (χ0n) is 19.4. The molecular formula is C26H44O3. The molecule has 0 amide bonds. The summed E-state index contributed by atoms with van der Waals surface area (Å²) in [6.07, 6.45) is 12.4. The van der Waals surface area contributed by atoms with E-state index in [4.69, 9.17) is 0 Å². The van der Waals surface area contributed by atoms with E-state index in [1.54, 1.807) is 0 Å². The highest BCUT2D eigenvalue weighted by Gasteiger charge is 2.58. The Morgan fingerprint density at radius 1 is 1.14 bits per heavy atom. The lowest BCUT2D eigenvalue weighted by Crippen LogP contribution is -2.50. The number of aliphatic hydroxyl groups is 1. The van der Waals surface area contributed by atoms with Gasteiger partial charge in [0.1, 0.15) is 0 Å². The SMILES string of the molecule is CC(C)CCCC(C)C1CCC2C3CC=C(CO)C(C)(CC(=O)O)C3CCC12C. The summed E-state index contributed by atoms with van der Waals surface area (Å²) in [6.45, 7) is 11.8. The number of rotatable bonds is 8. The number of carboxylic acids is 1. The summed E-state index contributed by atoms with van der Waals surface area (Å²) >= 11 is 0. The smallest absolute Gasteiger partial charge is 0.304 e. The van der Waals surface area contributed by atoms with Gasteiger partial charge in [0.15, 0.2) is 0 Å². The van der Waals surface area contributed by atoms with E-state index in [1.807, 2.05) is 0 Å². The predicted molar refractivity (Wildman–Crippen MR) is 119 cm³/mol. The van der Waals surface area contributed by atoms with E-state index in [0.29, 0.717) is 23.2 Å². The van der Waals surface area contributed by atoms with Crippen LogP contribution < -0.4 is 0 Å². The number of carboxylic acid groups (broad SMARTS) is 1. The third-order valence-electron chi connectivity index (χ3n) is 9.52. The van der Waals surface area contributed by atoms with Crippen LogP contribution in [0, 0.1) is 46.3 Å². The summed E-state index contributed by atoms with van der Waals surface area (Å²) < 4.78 is 0. The average Bonchev–Trinajstić information content (AvgIpc) is 2.98. The first kappa shape index (κ1) is 22.8. The van der Waals surface area contributed by atoms with Crippen molar-refractivity contribution < 1.29 is 15.0 Å². The van der Waals surface area contributed by atoms with Gasteiger partial charge in [-0.3, -0.25) is 4.79 Å². The molecule has 0 saturated heterocycles. The highest BCUT2D eigenvalue weighted by Crippen LogP contribution is 2.66. The van der Waals surface area contributed by atoms with Crippen LogP contribution in [0.5, 0.6) is 0 Å². The van der Waals surface area contributed by atoms with Gasteiger partial charge in [-0.05, 0) is 78.6 Å². The summed E-state index contributed by atoms with van der Waals surface area (Å²) in [5, 5.41) is 19.5. The largest absolute Gasteiger partial charge is 0.481 e. The van der Waals surface area contributed by atoms with Crippen molar-refractivity contribution in [1.82, 2.24) is 0 Å². The van der Waals surface area contributed by atoms with E-state index in [2.05, 4.69) is 40.7 Å². The average molecular weight is 405 g/mol. The number of carbonyl (C=O) groups is 1. The summed E-state index contributed by atoms with van der Waals surface area (Å²) in [5.74, 6) is 3.37. The van der Waals surface area contributed by atoms with Crippen molar-refractivity contribution in [2.45, 2.75) is 92.4 Å². The van der Waals surface area contributed by atoms with Gasteiger partial charge >= 0.3 is 5.97 Å². The molecule has 0 radical (unpaired) electrons. The normalized spacial score (nSPS) is 40.3. The lowest BCUT2D eigenvalue weighted by atomic mass is 9.48. The van der Waals surface area contributed by atoms with Crippen LogP contribution in [-0.4, -0.2) is 22.8 Å². The van der Waals surface area contributed by atoms with Crippen LogP contribution in [0.4, 0.5) is 0 Å². The van der Waals surface area contributed by atoms with E-state index >= 15 is 0 Å². The molecule has 0 aromatic rings. The monoisotopic (exact) mass is 404 g/mol. The van der Waals surface area contributed by atoms with Gasteiger partial charge in [0.25, 0.3) is 0 Å². The summed E-state index contributed by atoms with van der Waals surface area (Å²) in [6, 6.07) is 0. The molecule has 2 N–H and O–H groups in total. The van der Waals surface area contributed by atoms with Gasteiger partial charge in [-0.2, -0.15) is 0 Å². The van der Waals surface area contributed by atoms with Crippen molar-refractivity contribution in [3.63, 3.8) is 0 Å². The van der Waals surface area contributed by atoms with Gasteiger partial charge in [0.2, 0.25) is 0 Å². The topological polar surface area (TPSA) is 57.5 Å². The van der Waals surface area contributed by atoms with Crippen molar-refractivity contribution in [1.29, 1.82) is 0 Å². The van der Waals surface area contributed by atoms with E-state index in [0.717, 1.165) is 36.2 Å². The van der Waals surface area contributed by atoms with Gasteiger partial charge < -0.3 is 10.2 Å². The second kappa shape index (κ2) is 8.73. The molecule has 3 rings (SSSR count). The maximum Gasteiger partial charge on any atom is 0.304 e. The first-order valence-electron chi connectivity index (χ1n) is 12.2. The van der Waals surface area contributed by atoms with Crippen LogP contribution in [0.15, 0.2) is 11.6 Å². The van der Waals surface area contributed by atoms with Crippen LogP contribution in [0.25, 0.3) is 0 Å². The molecule has 3 aliphatic rings. The van der Waals surface area contributed by atoms with Gasteiger partial charge in [0.05, 0.1) is 13.0 Å². The molecule has 2 fully saturated rings. The van der Waals surface area contributed by atoms with Gasteiger partial charge in [-0.25, -0.2) is 0 Å². The number of hydrogen-bond acceptors (Lipinski definition) is 2. The Morgan fingerprint density at radius 2 is 1.86 bits per heavy atom. The number of aliphatic carboxylic acids is 1. The van der Waals surface area contributed by atoms with Gasteiger partial charge in [0, 0.05) is 5.41 Å². The third kappa shape index (κ3) is 4.18. The summed E-state index contributed by atoms with van der Waals surface area (Å²) in [4.78, 5) is 11.7. The van der Waals surface area contributed by atoms with Crippen molar-refractivity contribution >= 4 is 5.97 Å². The molecule has 0 heterocycles. The Morgan fingerprint density at radius 3 is 2.48 bits per heavy atom. The minimum atomic E-state index is -0.732. The van der Waals surface area contributed by atoms with Crippen molar-refractivity contribution in [2.75, 3.05) is 6.61 Å². The molecule has 3 nitrogen and oxygen atoms in total. The highest BCUT2D eigenvalue weighted by atomic mass is 16.4. The lowest BCUT2D eigenvalue weighted by Gasteiger charge is -2.56. The number of hydrogen-bond donors (Lipinski definition) is 2. The van der Waals surface area contributed by atoms with Gasteiger partial charge in [-0.1, -0.05) is 60.0 Å². The zero-order chi connectivity index (χ0) is 21.4. The fourth-order valence-corrected chi connectivity index (χ4v) is 7.99. The molecule has 166 valence electrons. The minimum Gasteiger partial charge on any atom is -0.481 e. The summed E-state index contributed by atoms with van der Waals surface area (Å²) in [7, 11) is 0. The number of aliphatic hydroxyl groups excluding tert-OH is 1. The second-order valence-corrected chi connectivity index (χ2v) is 11.5. The molecule has 2 saturated carbocycles. The maximum atomic E-state index is 11.7. The maximum absolute atomic E-state index is 11.7. The molecule has 0 spiro atoms. The van der Waals surface area contributed by atoms with Crippen LogP contribution in [0.2, 0.25) is 0 Å². The van der Waals surface area contributed by atoms with Crippen LogP contribution in [0.3, 0.4) is 0 Å².